The first-order valence-electron chi connectivity index (χ1n) is 6.24. The largest absolute Gasteiger partial charge is 0.371 e. The van der Waals surface area contributed by atoms with E-state index < -0.39 is 0 Å². The average molecular weight is 226 g/mol. The van der Waals surface area contributed by atoms with E-state index >= 15 is 0 Å². The Hall–Kier alpha value is -1.57. The van der Waals surface area contributed by atoms with Crippen LogP contribution in [0, 0.1) is 12.8 Å². The molecule has 0 saturated carbocycles. The molecule has 0 N–H and O–H groups in total. The van der Waals surface area contributed by atoms with Gasteiger partial charge in [-0.05, 0) is 30.5 Å². The van der Waals surface area contributed by atoms with Crippen LogP contribution in [0.3, 0.4) is 0 Å². The zero-order chi connectivity index (χ0) is 12.0. The summed E-state index contributed by atoms with van der Waals surface area (Å²) in [5.74, 6) is 0.637. The molecule has 2 atom stereocenters. The van der Waals surface area contributed by atoms with Crippen LogP contribution in [0.1, 0.15) is 18.9 Å². The van der Waals surface area contributed by atoms with Crippen LogP contribution in [0.25, 0.3) is 11.9 Å². The fourth-order valence-corrected chi connectivity index (χ4v) is 2.94. The molecule has 2 unspecified atom stereocenters. The van der Waals surface area contributed by atoms with Gasteiger partial charge in [0.05, 0.1) is 11.7 Å². The van der Waals surface area contributed by atoms with Crippen molar-refractivity contribution in [2.75, 3.05) is 7.05 Å². The summed E-state index contributed by atoms with van der Waals surface area (Å²) >= 11 is 0. The van der Waals surface area contributed by atoms with Crippen molar-refractivity contribution in [2.24, 2.45) is 10.9 Å². The Bertz CT molecular complexity index is 598. The molecule has 2 nitrogen and oxygen atoms in total. The van der Waals surface area contributed by atoms with Gasteiger partial charge in [0, 0.05) is 24.7 Å². The second-order valence-corrected chi connectivity index (χ2v) is 5.24. The fourth-order valence-electron chi connectivity index (χ4n) is 2.94. The summed E-state index contributed by atoms with van der Waals surface area (Å²) < 4.78 is 0. The van der Waals surface area contributed by atoms with E-state index in [2.05, 4.69) is 61.4 Å². The Kier molecular flexibility index (Phi) is 2.32. The molecular weight excluding hydrogens is 208 g/mol. The third-order valence-corrected chi connectivity index (χ3v) is 3.79. The van der Waals surface area contributed by atoms with Gasteiger partial charge in [-0.15, -0.1) is 0 Å². The fraction of sp³-hybridized carbons (Fsp3) is 0.400. The van der Waals surface area contributed by atoms with E-state index in [9.17, 15) is 0 Å². The highest BCUT2D eigenvalue weighted by Crippen LogP contribution is 2.26. The van der Waals surface area contributed by atoms with Crippen molar-refractivity contribution in [3.63, 3.8) is 0 Å². The number of fused-ring (bicyclic) bond motifs is 2. The van der Waals surface area contributed by atoms with E-state index in [0.717, 1.165) is 6.42 Å². The van der Waals surface area contributed by atoms with Crippen LogP contribution < -0.4 is 10.4 Å². The summed E-state index contributed by atoms with van der Waals surface area (Å²) in [5.41, 5.74) is 2.55. The minimum absolute atomic E-state index is 0.440. The van der Waals surface area contributed by atoms with Gasteiger partial charge >= 0.3 is 0 Å². The van der Waals surface area contributed by atoms with Gasteiger partial charge in [0.2, 0.25) is 0 Å². The summed E-state index contributed by atoms with van der Waals surface area (Å²) in [6.45, 7) is 4.44. The Morgan fingerprint density at radius 3 is 3.00 bits per heavy atom. The SMILES string of the molecule is Cc1ccc2c(c1)=CN(C)C1C=2N=CCC1C. The van der Waals surface area contributed by atoms with Gasteiger partial charge in [-0.25, -0.2) is 0 Å². The molecule has 0 bridgehead atoms. The molecule has 0 fully saturated rings. The third-order valence-electron chi connectivity index (χ3n) is 3.79. The second-order valence-electron chi connectivity index (χ2n) is 5.24. The molecule has 0 aromatic heterocycles. The molecule has 0 spiro atoms. The summed E-state index contributed by atoms with van der Waals surface area (Å²) in [5, 5.41) is 2.60. The van der Waals surface area contributed by atoms with E-state index in [0.29, 0.717) is 12.0 Å². The number of aryl methyl sites for hydroxylation is 1. The van der Waals surface area contributed by atoms with Gasteiger partial charge in [-0.2, -0.15) is 0 Å². The van der Waals surface area contributed by atoms with Gasteiger partial charge in [0.15, 0.2) is 0 Å². The van der Waals surface area contributed by atoms with Crippen molar-refractivity contribution < 1.29 is 0 Å². The molecule has 17 heavy (non-hydrogen) atoms. The molecule has 0 saturated heterocycles. The van der Waals surface area contributed by atoms with Crippen LogP contribution in [-0.2, 0) is 0 Å². The molecule has 0 aliphatic carbocycles. The maximum absolute atomic E-state index is 4.65. The summed E-state index contributed by atoms with van der Waals surface area (Å²) in [6, 6.07) is 7.07. The van der Waals surface area contributed by atoms with Gasteiger partial charge in [-0.3, -0.25) is 4.99 Å². The maximum Gasteiger partial charge on any atom is 0.0740 e. The molecule has 0 amide bonds. The van der Waals surface area contributed by atoms with Crippen molar-refractivity contribution in [1.29, 1.82) is 0 Å². The minimum Gasteiger partial charge on any atom is -0.371 e. The number of rotatable bonds is 0. The van der Waals surface area contributed by atoms with E-state index in [1.54, 1.807) is 0 Å². The van der Waals surface area contributed by atoms with Crippen LogP contribution >= 0.6 is 0 Å². The van der Waals surface area contributed by atoms with Crippen molar-refractivity contribution >= 4 is 18.1 Å². The predicted molar refractivity (Wildman–Crippen MR) is 72.1 cm³/mol. The smallest absolute Gasteiger partial charge is 0.0740 e. The Labute approximate surface area is 102 Å². The van der Waals surface area contributed by atoms with Crippen molar-refractivity contribution in [1.82, 2.24) is 4.90 Å². The molecule has 2 heterocycles. The van der Waals surface area contributed by atoms with Crippen molar-refractivity contribution in [2.45, 2.75) is 26.3 Å². The molecule has 1 aromatic carbocycles. The molecule has 3 rings (SSSR count). The van der Waals surface area contributed by atoms with Crippen LogP contribution in [0.2, 0.25) is 0 Å². The highest BCUT2D eigenvalue weighted by molar-refractivity contribution is 5.72. The summed E-state index contributed by atoms with van der Waals surface area (Å²) in [4.78, 5) is 6.97. The highest BCUT2D eigenvalue weighted by Gasteiger charge is 2.28. The third kappa shape index (κ3) is 1.59. The monoisotopic (exact) mass is 226 g/mol. The van der Waals surface area contributed by atoms with Gasteiger partial charge in [-0.1, -0.05) is 24.6 Å². The summed E-state index contributed by atoms with van der Waals surface area (Å²) in [7, 11) is 2.16. The second kappa shape index (κ2) is 3.73. The van der Waals surface area contributed by atoms with Crippen LogP contribution in [0.5, 0.6) is 0 Å². The highest BCUT2D eigenvalue weighted by atomic mass is 15.1. The first kappa shape index (κ1) is 10.6. The predicted octanol–water partition coefficient (Wildman–Crippen LogP) is 1.27. The first-order valence-corrected chi connectivity index (χ1v) is 6.24. The van der Waals surface area contributed by atoms with Gasteiger partial charge in [0.25, 0.3) is 0 Å². The summed E-state index contributed by atoms with van der Waals surface area (Å²) in [6.07, 6.45) is 5.40. The van der Waals surface area contributed by atoms with Gasteiger partial charge < -0.3 is 4.90 Å². The van der Waals surface area contributed by atoms with E-state index in [4.69, 9.17) is 0 Å². The minimum atomic E-state index is 0.440. The Balaban J connectivity index is 2.35. The number of nitrogens with zero attached hydrogens (tertiary/aromatic N) is 2. The molecule has 2 aliphatic heterocycles. The number of likely N-dealkylation sites (N-methyl/N-ethyl adjacent to an activating group) is 1. The lowest BCUT2D eigenvalue weighted by molar-refractivity contribution is 0.323. The van der Waals surface area contributed by atoms with Crippen LogP contribution in [0.4, 0.5) is 0 Å². The van der Waals surface area contributed by atoms with Gasteiger partial charge in [0.1, 0.15) is 0 Å². The molecule has 2 aliphatic rings. The normalized spacial score (nSPS) is 26.3. The molecule has 0 radical (unpaired) electrons. The van der Waals surface area contributed by atoms with Crippen molar-refractivity contribution in [3.8, 4) is 0 Å². The molecule has 1 aromatic rings. The molecule has 2 heteroatoms. The number of aliphatic imine (C=N–C) groups is 1. The van der Waals surface area contributed by atoms with Crippen LogP contribution in [0.15, 0.2) is 23.2 Å². The number of benzene rings is 1. The topological polar surface area (TPSA) is 15.6 Å². The lowest BCUT2D eigenvalue weighted by atomic mass is 9.89. The maximum atomic E-state index is 4.65. The van der Waals surface area contributed by atoms with E-state index in [1.165, 1.54) is 21.7 Å². The number of hydrogen-bond donors (Lipinski definition) is 0. The quantitative estimate of drug-likeness (QED) is 0.650. The van der Waals surface area contributed by atoms with E-state index in [-0.39, 0.29) is 0 Å². The molecule has 88 valence electrons. The Morgan fingerprint density at radius 1 is 1.35 bits per heavy atom. The zero-order valence-corrected chi connectivity index (χ0v) is 10.6. The average Bonchev–Trinajstić information content (AvgIpc) is 2.28. The molecular formula is C15H18N2. The first-order chi connectivity index (χ1) is 8.16. The van der Waals surface area contributed by atoms with E-state index in [1.807, 2.05) is 0 Å². The Morgan fingerprint density at radius 2 is 2.18 bits per heavy atom. The van der Waals surface area contributed by atoms with Crippen molar-refractivity contribution in [3.05, 3.63) is 34.2 Å². The lowest BCUT2D eigenvalue weighted by Crippen LogP contribution is -2.47. The lowest BCUT2D eigenvalue weighted by Gasteiger charge is -2.36. The van der Waals surface area contributed by atoms with Crippen LogP contribution in [-0.4, -0.2) is 24.2 Å². The zero-order valence-electron chi connectivity index (χ0n) is 10.6. The standard InChI is InChI=1S/C15H18N2/c1-10-4-5-13-12(8-10)9-17(3)15-11(2)6-7-16-14(13)15/h4-5,7-9,11,15H,6H2,1-3H3. The number of hydrogen-bond acceptors (Lipinski definition) is 2.